The van der Waals surface area contributed by atoms with E-state index in [1.54, 1.807) is 0 Å². The number of aromatic nitrogens is 1. The van der Waals surface area contributed by atoms with Gasteiger partial charge in [0.25, 0.3) is 5.91 Å². The molecule has 0 saturated heterocycles. The lowest BCUT2D eigenvalue weighted by molar-refractivity contribution is -0.142. The Morgan fingerprint density at radius 1 is 1.06 bits per heavy atom. The fraction of sp³-hybridized carbons (Fsp3) is 0.174. The van der Waals surface area contributed by atoms with Gasteiger partial charge in [0.05, 0.1) is 16.5 Å². The Morgan fingerprint density at radius 2 is 1.69 bits per heavy atom. The highest BCUT2D eigenvalue weighted by Crippen LogP contribution is 2.29. The van der Waals surface area contributed by atoms with Crippen LogP contribution >= 0.6 is 11.6 Å². The van der Waals surface area contributed by atoms with Crippen molar-refractivity contribution in [2.45, 2.75) is 23.5 Å². The first-order chi connectivity index (χ1) is 16.5. The highest BCUT2D eigenvalue weighted by Gasteiger charge is 2.37. The highest BCUT2D eigenvalue weighted by atomic mass is 35.5. The van der Waals surface area contributed by atoms with E-state index >= 15 is 0 Å². The van der Waals surface area contributed by atoms with E-state index in [1.807, 2.05) is 0 Å². The number of esters is 1. The Morgan fingerprint density at radius 3 is 2.29 bits per heavy atom. The van der Waals surface area contributed by atoms with E-state index in [-0.39, 0.29) is 23.6 Å². The van der Waals surface area contributed by atoms with Gasteiger partial charge in [0, 0.05) is 42.2 Å². The number of amides is 1. The number of halogens is 4. The minimum Gasteiger partial charge on any atom is -0.465 e. The number of pyridine rings is 1. The summed E-state index contributed by atoms with van der Waals surface area (Å²) in [6, 6.07) is 7.44. The van der Waals surface area contributed by atoms with Crippen LogP contribution in [0, 0.1) is 17.5 Å². The number of hydrogen-bond donors (Lipinski definition) is 1. The number of anilines is 1. The first kappa shape index (κ1) is 26.2. The topological polar surface area (TPSA) is 102 Å². The van der Waals surface area contributed by atoms with Crippen molar-refractivity contribution in [3.05, 3.63) is 88.5 Å². The third-order valence-electron chi connectivity index (χ3n) is 4.84. The molecule has 0 aliphatic carbocycles. The normalized spacial score (nSPS) is 12.1. The fourth-order valence-corrected chi connectivity index (χ4v) is 5.25. The Kier molecular flexibility index (Phi) is 8.13. The van der Waals surface area contributed by atoms with Crippen molar-refractivity contribution in [3.8, 4) is 0 Å². The molecule has 0 aliphatic heterocycles. The number of benzene rings is 2. The Balaban J connectivity index is 1.98. The van der Waals surface area contributed by atoms with E-state index < -0.39 is 55.0 Å². The second-order valence-corrected chi connectivity index (χ2v) is 9.70. The minimum absolute atomic E-state index is 0.0673. The van der Waals surface area contributed by atoms with E-state index in [0.29, 0.717) is 17.7 Å². The number of carbonyl (C=O) groups is 2. The maximum atomic E-state index is 13.5. The van der Waals surface area contributed by atoms with Crippen LogP contribution in [0.25, 0.3) is 0 Å². The molecule has 0 spiro atoms. The number of ether oxygens (including phenoxy) is 1. The Hall–Kier alpha value is -3.44. The molecule has 184 valence electrons. The lowest BCUT2D eigenvalue weighted by Gasteiger charge is -2.18. The smallest absolute Gasteiger partial charge is 0.325 e. The van der Waals surface area contributed by atoms with Crippen LogP contribution in [-0.2, 0) is 25.8 Å². The molecule has 12 heteroatoms. The zero-order valence-corrected chi connectivity index (χ0v) is 19.7. The molecule has 2 aromatic carbocycles. The number of carbonyl (C=O) groups excluding carboxylic acids is 2. The van der Waals surface area contributed by atoms with Crippen molar-refractivity contribution in [3.63, 3.8) is 0 Å². The van der Waals surface area contributed by atoms with Crippen LogP contribution in [0.15, 0.2) is 59.8 Å². The molecule has 3 rings (SSSR count). The summed E-state index contributed by atoms with van der Waals surface area (Å²) in [7, 11) is -4.48. The molecule has 3 aromatic rings. The lowest BCUT2D eigenvalue weighted by atomic mass is 10.1. The van der Waals surface area contributed by atoms with E-state index in [1.165, 1.54) is 37.5 Å². The van der Waals surface area contributed by atoms with Gasteiger partial charge < -0.3 is 10.1 Å². The summed E-state index contributed by atoms with van der Waals surface area (Å²) >= 11 is 6.12. The molecular formula is C23H18ClF3N2O5S. The van der Waals surface area contributed by atoms with Gasteiger partial charge in [-0.15, -0.1) is 0 Å². The predicted molar refractivity (Wildman–Crippen MR) is 121 cm³/mol. The van der Waals surface area contributed by atoms with Gasteiger partial charge >= 0.3 is 5.97 Å². The second kappa shape index (κ2) is 10.9. The second-order valence-electron chi connectivity index (χ2n) is 7.20. The maximum absolute atomic E-state index is 13.5. The van der Waals surface area contributed by atoms with Crippen molar-refractivity contribution in [1.29, 1.82) is 0 Å². The zero-order valence-electron chi connectivity index (χ0n) is 18.1. The zero-order chi connectivity index (χ0) is 25.8. The van der Waals surface area contributed by atoms with Gasteiger partial charge in [0.15, 0.2) is 32.5 Å². The number of nitrogens with zero attached hydrogens (tertiary/aromatic N) is 1. The molecule has 1 aromatic heterocycles. The summed E-state index contributed by atoms with van der Waals surface area (Å²) in [5.41, 5.74) is -0.149. The molecule has 1 amide bonds. The largest absolute Gasteiger partial charge is 0.465 e. The van der Waals surface area contributed by atoms with Gasteiger partial charge in [0.1, 0.15) is 0 Å². The van der Waals surface area contributed by atoms with Crippen molar-refractivity contribution in [2.75, 3.05) is 11.9 Å². The predicted octanol–water partition coefficient (Wildman–Crippen LogP) is 4.35. The number of rotatable bonds is 8. The molecule has 35 heavy (non-hydrogen) atoms. The average Bonchev–Trinajstić information content (AvgIpc) is 2.81. The molecule has 0 bridgehead atoms. The van der Waals surface area contributed by atoms with Gasteiger partial charge in [0.2, 0.25) is 0 Å². The summed E-state index contributed by atoms with van der Waals surface area (Å²) in [6.07, 6.45) is 2.62. The van der Waals surface area contributed by atoms with Gasteiger partial charge in [-0.25, -0.2) is 21.6 Å². The third-order valence-corrected chi connectivity index (χ3v) is 7.34. The van der Waals surface area contributed by atoms with Crippen molar-refractivity contribution in [1.82, 2.24) is 4.98 Å². The lowest BCUT2D eigenvalue weighted by Crippen LogP contribution is -2.34. The Bertz CT molecular complexity index is 1350. The molecule has 1 atom stereocenters. The Labute approximate surface area is 203 Å². The van der Waals surface area contributed by atoms with E-state index in [9.17, 15) is 31.2 Å². The first-order valence-electron chi connectivity index (χ1n) is 10.1. The monoisotopic (exact) mass is 526 g/mol. The van der Waals surface area contributed by atoms with Crippen LogP contribution in [0.1, 0.15) is 22.8 Å². The molecule has 0 saturated carbocycles. The van der Waals surface area contributed by atoms with Gasteiger partial charge in [-0.2, -0.15) is 0 Å². The summed E-state index contributed by atoms with van der Waals surface area (Å²) in [6.45, 7) is 1.45. The van der Waals surface area contributed by atoms with E-state index in [4.69, 9.17) is 16.3 Å². The molecule has 7 nitrogen and oxygen atoms in total. The summed E-state index contributed by atoms with van der Waals surface area (Å²) in [5, 5.41) is 0.216. The fourth-order valence-electron chi connectivity index (χ4n) is 3.13. The highest BCUT2D eigenvalue weighted by molar-refractivity contribution is 7.93. The number of hydrogen-bond acceptors (Lipinski definition) is 6. The van der Waals surface area contributed by atoms with Crippen LogP contribution in [0.4, 0.5) is 18.9 Å². The molecule has 1 heterocycles. The molecule has 1 unspecified atom stereocenters. The van der Waals surface area contributed by atoms with Crippen LogP contribution in [0.3, 0.4) is 0 Å². The van der Waals surface area contributed by atoms with Crippen molar-refractivity contribution in [2.24, 2.45) is 0 Å². The molecule has 0 aliphatic rings. The molecule has 0 fully saturated rings. The summed E-state index contributed by atoms with van der Waals surface area (Å²) in [5.74, 6) is -6.71. The van der Waals surface area contributed by atoms with Gasteiger partial charge in [-0.05, 0) is 42.8 Å². The standard InChI is InChI=1S/C23H18ClF3N2O5S/c1-2-34-23(31)20(9-13-5-7-28-8-6-13)35(32,33)19-10-14(3-4-16(19)24)22(30)29-15-11-17(25)21(27)18(26)12-15/h3-8,10-12,20H,2,9H2,1H3,(H,29,30). The van der Waals surface area contributed by atoms with Crippen molar-refractivity contribution < 1.29 is 35.9 Å². The minimum atomic E-state index is -4.48. The van der Waals surface area contributed by atoms with E-state index in [0.717, 1.165) is 12.1 Å². The molecule has 1 N–H and O–H groups in total. The van der Waals surface area contributed by atoms with Crippen LogP contribution in [-0.4, -0.2) is 37.1 Å². The van der Waals surface area contributed by atoms with Crippen LogP contribution < -0.4 is 5.32 Å². The van der Waals surface area contributed by atoms with Gasteiger partial charge in [-0.1, -0.05) is 11.6 Å². The van der Waals surface area contributed by atoms with E-state index in [2.05, 4.69) is 10.3 Å². The SMILES string of the molecule is CCOC(=O)C(Cc1ccncc1)S(=O)(=O)c1cc(C(=O)Nc2cc(F)c(F)c(F)c2)ccc1Cl. The van der Waals surface area contributed by atoms with Crippen molar-refractivity contribution >= 4 is 39.0 Å². The van der Waals surface area contributed by atoms with Gasteiger partial charge in [-0.3, -0.25) is 14.6 Å². The molecular weight excluding hydrogens is 509 g/mol. The number of sulfone groups is 1. The summed E-state index contributed by atoms with van der Waals surface area (Å²) < 4.78 is 72.0. The summed E-state index contributed by atoms with van der Waals surface area (Å²) in [4.78, 5) is 28.5. The maximum Gasteiger partial charge on any atom is 0.325 e. The third kappa shape index (κ3) is 5.98. The number of nitrogens with one attached hydrogen (secondary N) is 1. The molecule has 0 radical (unpaired) electrons. The van der Waals surface area contributed by atoms with Crippen LogP contribution in [0.5, 0.6) is 0 Å². The first-order valence-corrected chi connectivity index (χ1v) is 12.0. The van der Waals surface area contributed by atoms with Crippen LogP contribution in [0.2, 0.25) is 5.02 Å². The average molecular weight is 527 g/mol. The quantitative estimate of drug-likeness (QED) is 0.346.